The summed E-state index contributed by atoms with van der Waals surface area (Å²) in [5.74, 6) is 0.0539. The number of para-hydroxylation sites is 1. The number of rotatable bonds is 4. The molecule has 1 heterocycles. The quantitative estimate of drug-likeness (QED) is 0.699. The fourth-order valence-electron chi connectivity index (χ4n) is 2.68. The molecule has 0 spiro atoms. The highest BCUT2D eigenvalue weighted by atomic mass is 16.5. The van der Waals surface area contributed by atoms with Crippen molar-refractivity contribution in [2.24, 2.45) is 17.3 Å². The minimum absolute atomic E-state index is 0.0366. The van der Waals surface area contributed by atoms with Gasteiger partial charge in [0.1, 0.15) is 5.75 Å². The zero-order valence-corrected chi connectivity index (χ0v) is 15.2. The van der Waals surface area contributed by atoms with E-state index in [0.717, 1.165) is 22.0 Å². The number of fused-ring (bicyclic) bond motifs is 1. The van der Waals surface area contributed by atoms with Crippen LogP contribution in [-0.2, 0) is 11.8 Å². The number of aromatic hydroxyl groups is 1. The number of aromatic nitrogens is 1. The van der Waals surface area contributed by atoms with Crippen molar-refractivity contribution in [3.05, 3.63) is 53.6 Å². The van der Waals surface area contributed by atoms with Crippen molar-refractivity contribution < 1.29 is 14.6 Å². The van der Waals surface area contributed by atoms with E-state index in [-0.39, 0.29) is 11.6 Å². The second kappa shape index (κ2) is 7.00. The second-order valence-electron chi connectivity index (χ2n) is 6.29. The molecule has 2 aromatic carbocycles. The first-order chi connectivity index (χ1) is 12.4. The predicted octanol–water partition coefficient (Wildman–Crippen LogP) is 4.58. The molecule has 0 aliphatic heterocycles. The number of ether oxygens (including phenoxy) is 1. The van der Waals surface area contributed by atoms with Gasteiger partial charge in [-0.25, -0.2) is 0 Å². The summed E-state index contributed by atoms with van der Waals surface area (Å²) in [4.78, 5) is 12.3. The summed E-state index contributed by atoms with van der Waals surface area (Å²) in [7, 11) is 1.73. The molecule has 0 saturated carbocycles. The maximum atomic E-state index is 12.3. The third-order valence-electron chi connectivity index (χ3n) is 4.44. The summed E-state index contributed by atoms with van der Waals surface area (Å²) in [6, 6.07) is 13.0. The molecule has 0 radical (unpaired) electrons. The largest absolute Gasteiger partial charge is 0.493 e. The fraction of sp³-hybridized carbons (Fsp3) is 0.250. The molecule has 3 aromatic rings. The van der Waals surface area contributed by atoms with Crippen molar-refractivity contribution in [1.82, 2.24) is 4.57 Å². The Morgan fingerprint density at radius 3 is 2.62 bits per heavy atom. The summed E-state index contributed by atoms with van der Waals surface area (Å²) in [5.41, 5.74) is 3.33. The molecular formula is C20H21N3O3. The van der Waals surface area contributed by atoms with Crippen molar-refractivity contribution in [3.8, 4) is 11.6 Å². The van der Waals surface area contributed by atoms with Gasteiger partial charge in [-0.3, -0.25) is 4.79 Å². The number of hydrogen-bond acceptors (Lipinski definition) is 4. The van der Waals surface area contributed by atoms with Crippen LogP contribution in [0.4, 0.5) is 5.69 Å². The van der Waals surface area contributed by atoms with Crippen molar-refractivity contribution in [2.45, 2.75) is 26.9 Å². The fourth-order valence-corrected chi connectivity index (χ4v) is 2.68. The molecule has 0 aliphatic carbocycles. The van der Waals surface area contributed by atoms with Crippen LogP contribution in [0.2, 0.25) is 0 Å². The summed E-state index contributed by atoms with van der Waals surface area (Å²) in [5, 5.41) is 18.7. The molecule has 0 aliphatic rings. The number of benzene rings is 2. The van der Waals surface area contributed by atoms with E-state index in [1.165, 1.54) is 0 Å². The van der Waals surface area contributed by atoms with Gasteiger partial charge in [0.15, 0.2) is 11.8 Å². The molecule has 1 amide bonds. The molecule has 26 heavy (non-hydrogen) atoms. The molecule has 1 atom stereocenters. The number of carbonyl (C=O) groups excluding carboxylic acids is 1. The Bertz CT molecular complexity index is 1000. The Morgan fingerprint density at radius 1 is 1.15 bits per heavy atom. The minimum Gasteiger partial charge on any atom is -0.493 e. The number of nitrogens with zero attached hydrogens (tertiary/aromatic N) is 3. The third-order valence-corrected chi connectivity index (χ3v) is 4.44. The van der Waals surface area contributed by atoms with Gasteiger partial charge in [-0.2, -0.15) is 0 Å². The van der Waals surface area contributed by atoms with E-state index in [4.69, 9.17) is 4.74 Å². The number of aryl methyl sites for hydroxylation is 3. The molecule has 3 rings (SSSR count). The topological polar surface area (TPSA) is 76.2 Å². The van der Waals surface area contributed by atoms with Gasteiger partial charge in [-0.05, 0) is 50.1 Å². The average Bonchev–Trinajstić information content (AvgIpc) is 2.87. The lowest BCUT2D eigenvalue weighted by Gasteiger charge is -2.12. The highest BCUT2D eigenvalue weighted by Gasteiger charge is 2.17. The lowest BCUT2D eigenvalue weighted by molar-refractivity contribution is -0.124. The van der Waals surface area contributed by atoms with E-state index in [1.807, 2.05) is 56.3 Å². The monoisotopic (exact) mass is 351 g/mol. The Labute approximate surface area is 151 Å². The number of azo groups is 1. The van der Waals surface area contributed by atoms with Gasteiger partial charge in [0.25, 0.3) is 0 Å². The summed E-state index contributed by atoms with van der Waals surface area (Å²) < 4.78 is 7.25. The average molecular weight is 351 g/mol. The van der Waals surface area contributed by atoms with E-state index in [0.29, 0.717) is 5.75 Å². The SMILES string of the molecule is Cc1ccc(OC(C)C(=O)N=Nc2c(O)n(C)c3ccccc23)cc1C. The van der Waals surface area contributed by atoms with Crippen LogP contribution in [0.1, 0.15) is 18.1 Å². The van der Waals surface area contributed by atoms with E-state index in [1.54, 1.807) is 18.5 Å². The second-order valence-corrected chi connectivity index (χ2v) is 6.29. The normalized spacial score (nSPS) is 12.6. The van der Waals surface area contributed by atoms with E-state index in [2.05, 4.69) is 10.2 Å². The zero-order valence-electron chi connectivity index (χ0n) is 15.2. The van der Waals surface area contributed by atoms with Crippen LogP contribution < -0.4 is 4.74 Å². The molecule has 134 valence electrons. The van der Waals surface area contributed by atoms with Crippen LogP contribution in [0.15, 0.2) is 52.7 Å². The highest BCUT2D eigenvalue weighted by molar-refractivity contribution is 5.95. The maximum Gasteiger partial charge on any atom is 0.304 e. The lowest BCUT2D eigenvalue weighted by Crippen LogP contribution is -2.21. The molecule has 1 aromatic heterocycles. The Balaban J connectivity index is 1.79. The van der Waals surface area contributed by atoms with E-state index in [9.17, 15) is 9.90 Å². The summed E-state index contributed by atoms with van der Waals surface area (Å²) in [6.07, 6.45) is -0.780. The van der Waals surface area contributed by atoms with Gasteiger partial charge in [0, 0.05) is 12.4 Å². The van der Waals surface area contributed by atoms with Gasteiger partial charge < -0.3 is 14.4 Å². The van der Waals surface area contributed by atoms with Crippen LogP contribution in [0.3, 0.4) is 0 Å². The Hall–Kier alpha value is -3.15. The van der Waals surface area contributed by atoms with Crippen molar-refractivity contribution in [1.29, 1.82) is 0 Å². The van der Waals surface area contributed by atoms with Gasteiger partial charge >= 0.3 is 5.91 Å². The first-order valence-electron chi connectivity index (χ1n) is 8.34. The zero-order chi connectivity index (χ0) is 18.8. The van der Waals surface area contributed by atoms with E-state index < -0.39 is 12.0 Å². The third kappa shape index (κ3) is 3.31. The molecule has 1 unspecified atom stereocenters. The van der Waals surface area contributed by atoms with Crippen LogP contribution in [0.25, 0.3) is 10.9 Å². The van der Waals surface area contributed by atoms with Gasteiger partial charge in [-0.1, -0.05) is 24.3 Å². The van der Waals surface area contributed by atoms with Crippen molar-refractivity contribution in [3.63, 3.8) is 0 Å². The standard InChI is InChI=1S/C20H21N3O3/c1-12-9-10-15(11-13(12)2)26-14(3)19(24)22-21-18-16-7-5-6-8-17(16)23(4)20(18)25/h5-11,14,25H,1-4H3. The molecule has 0 bridgehead atoms. The first kappa shape index (κ1) is 17.7. The maximum absolute atomic E-state index is 12.3. The van der Waals surface area contributed by atoms with Crippen LogP contribution in [-0.4, -0.2) is 21.7 Å². The van der Waals surface area contributed by atoms with Crippen molar-refractivity contribution in [2.75, 3.05) is 0 Å². The molecule has 0 saturated heterocycles. The summed E-state index contributed by atoms with van der Waals surface area (Å²) >= 11 is 0. The van der Waals surface area contributed by atoms with Gasteiger partial charge in [0.2, 0.25) is 5.88 Å². The summed E-state index contributed by atoms with van der Waals surface area (Å²) in [6.45, 7) is 5.62. The molecule has 0 fully saturated rings. The van der Waals surface area contributed by atoms with E-state index >= 15 is 0 Å². The molecule has 6 nitrogen and oxygen atoms in total. The molecule has 1 N–H and O–H groups in total. The van der Waals surface area contributed by atoms with Gasteiger partial charge in [-0.15, -0.1) is 10.2 Å². The highest BCUT2D eigenvalue weighted by Crippen LogP contribution is 2.37. The van der Waals surface area contributed by atoms with Crippen molar-refractivity contribution >= 4 is 22.5 Å². The molecule has 6 heteroatoms. The Morgan fingerprint density at radius 2 is 1.88 bits per heavy atom. The lowest BCUT2D eigenvalue weighted by atomic mass is 10.1. The predicted molar refractivity (Wildman–Crippen MR) is 100 cm³/mol. The van der Waals surface area contributed by atoms with Crippen LogP contribution in [0.5, 0.6) is 11.6 Å². The van der Waals surface area contributed by atoms with Gasteiger partial charge in [0.05, 0.1) is 5.52 Å². The van der Waals surface area contributed by atoms with Crippen LogP contribution >= 0.6 is 0 Å². The van der Waals surface area contributed by atoms with Crippen LogP contribution in [0, 0.1) is 13.8 Å². The number of carbonyl (C=O) groups is 1. The molecular weight excluding hydrogens is 330 g/mol. The number of hydrogen-bond donors (Lipinski definition) is 1. The number of amides is 1. The Kier molecular flexibility index (Phi) is 4.75. The smallest absolute Gasteiger partial charge is 0.304 e. The minimum atomic E-state index is -0.780. The first-order valence-corrected chi connectivity index (χ1v) is 8.34.